The summed E-state index contributed by atoms with van der Waals surface area (Å²) in [4.78, 5) is 4.42. The van der Waals surface area contributed by atoms with E-state index in [1.54, 1.807) is 18.3 Å². The molecule has 0 aliphatic carbocycles. The van der Waals surface area contributed by atoms with E-state index in [1.807, 2.05) is 42.6 Å². The van der Waals surface area contributed by atoms with Crippen LogP contribution in [0.4, 0.5) is 0 Å². The fourth-order valence-corrected chi connectivity index (χ4v) is 2.55. The highest BCUT2D eigenvalue weighted by Crippen LogP contribution is 2.16. The Kier molecular flexibility index (Phi) is 3.93. The van der Waals surface area contributed by atoms with E-state index in [4.69, 9.17) is 11.6 Å². The van der Waals surface area contributed by atoms with E-state index in [9.17, 15) is 5.11 Å². The summed E-state index contributed by atoms with van der Waals surface area (Å²) in [5, 5.41) is 10.3. The molecular weight excluding hydrogens is 284 g/mol. The van der Waals surface area contributed by atoms with Gasteiger partial charge in [0.2, 0.25) is 0 Å². The second kappa shape index (κ2) is 6.02. The molecule has 0 fully saturated rings. The first kappa shape index (κ1) is 13.7. The number of nitrogens with zero attached hydrogens (tertiary/aromatic N) is 2. The minimum absolute atomic E-state index is 0.281. The molecule has 0 radical (unpaired) electrons. The van der Waals surface area contributed by atoms with Crippen LogP contribution in [0.25, 0.3) is 0 Å². The number of phenolic OH excluding ortho intramolecular Hbond substituents is 1. The lowest BCUT2D eigenvalue weighted by Gasteiger charge is -2.09. The van der Waals surface area contributed by atoms with Crippen LogP contribution in [0.2, 0.25) is 5.02 Å². The summed E-state index contributed by atoms with van der Waals surface area (Å²) < 4.78 is 2.08. The first-order valence-electron chi connectivity index (χ1n) is 6.73. The molecule has 1 aromatic heterocycles. The number of aromatic nitrogens is 2. The van der Waals surface area contributed by atoms with Crippen molar-refractivity contribution in [2.75, 3.05) is 0 Å². The predicted molar refractivity (Wildman–Crippen MR) is 83.7 cm³/mol. The smallest absolute Gasteiger partial charge is 0.115 e. The molecule has 3 rings (SSSR count). The summed E-state index contributed by atoms with van der Waals surface area (Å²) >= 11 is 6.02. The summed E-state index contributed by atoms with van der Waals surface area (Å²) in [5.74, 6) is 1.25. The minimum atomic E-state index is 0.281. The molecular formula is C17H15ClN2O. The van der Waals surface area contributed by atoms with Crippen LogP contribution < -0.4 is 0 Å². The number of imidazole rings is 1. The Labute approximate surface area is 128 Å². The largest absolute Gasteiger partial charge is 0.508 e. The van der Waals surface area contributed by atoms with Gasteiger partial charge in [0.1, 0.15) is 11.6 Å². The third-order valence-corrected chi connectivity index (χ3v) is 3.55. The Bertz CT molecular complexity index is 690. The third-order valence-electron chi connectivity index (χ3n) is 3.32. The summed E-state index contributed by atoms with van der Waals surface area (Å²) in [6.45, 7) is 0.685. The standard InChI is InChI=1S/C17H15ClN2O/c18-15-5-1-3-13(9-15)11-17-19-7-8-20(17)12-14-4-2-6-16(21)10-14/h1-10,21H,11-12H2. The number of benzene rings is 2. The Hall–Kier alpha value is -2.26. The van der Waals surface area contributed by atoms with E-state index >= 15 is 0 Å². The molecule has 106 valence electrons. The van der Waals surface area contributed by atoms with Gasteiger partial charge in [-0.05, 0) is 35.4 Å². The second-order valence-electron chi connectivity index (χ2n) is 4.95. The van der Waals surface area contributed by atoms with Gasteiger partial charge >= 0.3 is 0 Å². The van der Waals surface area contributed by atoms with Crippen molar-refractivity contribution in [2.45, 2.75) is 13.0 Å². The van der Waals surface area contributed by atoms with E-state index < -0.39 is 0 Å². The average Bonchev–Trinajstić information content (AvgIpc) is 2.86. The first-order valence-corrected chi connectivity index (χ1v) is 7.11. The summed E-state index contributed by atoms with van der Waals surface area (Å²) in [7, 11) is 0. The van der Waals surface area contributed by atoms with Gasteiger partial charge in [0.15, 0.2) is 0 Å². The minimum Gasteiger partial charge on any atom is -0.508 e. The molecule has 0 aliphatic rings. The maximum atomic E-state index is 9.54. The number of halogens is 1. The zero-order valence-corrected chi connectivity index (χ0v) is 12.2. The van der Waals surface area contributed by atoms with Gasteiger partial charge in [-0.1, -0.05) is 35.9 Å². The number of hydrogen-bond acceptors (Lipinski definition) is 2. The molecule has 0 aliphatic heterocycles. The predicted octanol–water partition coefficient (Wildman–Crippen LogP) is 3.88. The Morgan fingerprint density at radius 2 is 1.86 bits per heavy atom. The van der Waals surface area contributed by atoms with E-state index in [0.717, 1.165) is 28.4 Å². The van der Waals surface area contributed by atoms with Crippen molar-refractivity contribution >= 4 is 11.6 Å². The second-order valence-corrected chi connectivity index (χ2v) is 5.38. The monoisotopic (exact) mass is 298 g/mol. The van der Waals surface area contributed by atoms with E-state index in [2.05, 4.69) is 9.55 Å². The Morgan fingerprint density at radius 1 is 1.05 bits per heavy atom. The topological polar surface area (TPSA) is 38.0 Å². The van der Waals surface area contributed by atoms with Crippen molar-refractivity contribution < 1.29 is 5.11 Å². The molecule has 0 unspecified atom stereocenters. The van der Waals surface area contributed by atoms with Gasteiger partial charge in [-0.3, -0.25) is 0 Å². The van der Waals surface area contributed by atoms with Crippen LogP contribution in [0.5, 0.6) is 5.75 Å². The molecule has 0 atom stereocenters. The average molecular weight is 299 g/mol. The quantitative estimate of drug-likeness (QED) is 0.794. The van der Waals surface area contributed by atoms with Gasteiger partial charge in [-0.15, -0.1) is 0 Å². The van der Waals surface area contributed by atoms with Crippen molar-refractivity contribution in [3.05, 3.63) is 82.9 Å². The summed E-state index contributed by atoms with van der Waals surface area (Å²) in [6.07, 6.45) is 4.47. The molecule has 3 aromatic rings. The number of phenols is 1. The number of hydrogen-bond donors (Lipinski definition) is 1. The SMILES string of the molecule is Oc1cccc(Cn2ccnc2Cc2cccc(Cl)c2)c1. The van der Waals surface area contributed by atoms with Gasteiger partial charge in [0.25, 0.3) is 0 Å². The van der Waals surface area contributed by atoms with Crippen LogP contribution in [0.3, 0.4) is 0 Å². The molecule has 21 heavy (non-hydrogen) atoms. The molecule has 4 heteroatoms. The first-order chi connectivity index (χ1) is 10.2. The van der Waals surface area contributed by atoms with Crippen LogP contribution >= 0.6 is 11.6 Å². The number of rotatable bonds is 4. The highest BCUT2D eigenvalue weighted by molar-refractivity contribution is 6.30. The molecule has 0 spiro atoms. The van der Waals surface area contributed by atoms with Crippen LogP contribution in [0.15, 0.2) is 60.9 Å². The fourth-order valence-electron chi connectivity index (χ4n) is 2.33. The van der Waals surface area contributed by atoms with Crippen LogP contribution in [0, 0.1) is 0 Å². The molecule has 2 aromatic carbocycles. The van der Waals surface area contributed by atoms with Crippen molar-refractivity contribution in [3.63, 3.8) is 0 Å². The number of aromatic hydroxyl groups is 1. The lowest BCUT2D eigenvalue weighted by molar-refractivity contribution is 0.474. The van der Waals surface area contributed by atoms with Crippen LogP contribution in [0.1, 0.15) is 17.0 Å². The van der Waals surface area contributed by atoms with Gasteiger partial charge in [-0.2, -0.15) is 0 Å². The van der Waals surface area contributed by atoms with E-state index in [-0.39, 0.29) is 5.75 Å². The molecule has 0 bridgehead atoms. The lowest BCUT2D eigenvalue weighted by Crippen LogP contribution is -2.05. The van der Waals surface area contributed by atoms with Crippen LogP contribution in [-0.4, -0.2) is 14.7 Å². The zero-order chi connectivity index (χ0) is 14.7. The van der Waals surface area contributed by atoms with E-state index in [0.29, 0.717) is 6.54 Å². The molecule has 0 saturated heterocycles. The Morgan fingerprint density at radius 3 is 2.67 bits per heavy atom. The van der Waals surface area contributed by atoms with Crippen molar-refractivity contribution in [1.29, 1.82) is 0 Å². The maximum absolute atomic E-state index is 9.54. The van der Waals surface area contributed by atoms with Crippen molar-refractivity contribution in [2.24, 2.45) is 0 Å². The fraction of sp³-hybridized carbons (Fsp3) is 0.118. The Balaban J connectivity index is 1.81. The van der Waals surface area contributed by atoms with Gasteiger partial charge in [0, 0.05) is 30.4 Å². The highest BCUT2D eigenvalue weighted by Gasteiger charge is 2.06. The van der Waals surface area contributed by atoms with Gasteiger partial charge < -0.3 is 9.67 Å². The maximum Gasteiger partial charge on any atom is 0.115 e. The van der Waals surface area contributed by atoms with Crippen molar-refractivity contribution in [1.82, 2.24) is 9.55 Å². The third kappa shape index (κ3) is 3.44. The van der Waals surface area contributed by atoms with Crippen LogP contribution in [-0.2, 0) is 13.0 Å². The molecule has 0 amide bonds. The summed E-state index contributed by atoms with van der Waals surface area (Å²) in [6, 6.07) is 15.1. The molecule has 3 nitrogen and oxygen atoms in total. The molecule has 1 heterocycles. The van der Waals surface area contributed by atoms with E-state index in [1.165, 1.54) is 0 Å². The van der Waals surface area contributed by atoms with Crippen molar-refractivity contribution in [3.8, 4) is 5.75 Å². The zero-order valence-electron chi connectivity index (χ0n) is 11.4. The normalized spacial score (nSPS) is 10.7. The molecule has 1 N–H and O–H groups in total. The molecule has 0 saturated carbocycles. The van der Waals surface area contributed by atoms with Gasteiger partial charge in [-0.25, -0.2) is 4.98 Å². The lowest BCUT2D eigenvalue weighted by atomic mass is 10.1. The highest BCUT2D eigenvalue weighted by atomic mass is 35.5. The summed E-state index contributed by atoms with van der Waals surface area (Å²) in [5.41, 5.74) is 2.17. The van der Waals surface area contributed by atoms with Gasteiger partial charge in [0.05, 0.1) is 0 Å².